The molecule has 0 unspecified atom stereocenters. The number of amides is 1. The van der Waals surface area contributed by atoms with Crippen LogP contribution in [-0.4, -0.2) is 34.3 Å². The van der Waals surface area contributed by atoms with E-state index in [4.69, 9.17) is 5.11 Å². The van der Waals surface area contributed by atoms with Gasteiger partial charge in [-0.25, -0.2) is 4.98 Å². The largest absolute Gasteiger partial charge is 0.481 e. The van der Waals surface area contributed by atoms with Crippen molar-refractivity contribution in [3.8, 4) is 0 Å². The second kappa shape index (κ2) is 8.10. The fourth-order valence-corrected chi connectivity index (χ4v) is 2.85. The number of aliphatic carboxylic acids is 1. The van der Waals surface area contributed by atoms with Gasteiger partial charge >= 0.3 is 5.97 Å². The number of aromatic nitrogens is 1. The Morgan fingerprint density at radius 2 is 2.33 bits per heavy atom. The normalized spacial score (nSPS) is 10.3. The highest BCUT2D eigenvalue weighted by Crippen LogP contribution is 2.22. The monoisotopic (exact) mass is 288 g/mol. The number of hydrogen-bond donors (Lipinski definition) is 2. The maximum absolute atomic E-state index is 11.4. The van der Waals surface area contributed by atoms with Crippen LogP contribution in [0.15, 0.2) is 9.72 Å². The fraction of sp³-hybridized carbons (Fsp3) is 0.545. The predicted molar refractivity (Wildman–Crippen MR) is 72.1 cm³/mol. The first-order valence-electron chi connectivity index (χ1n) is 5.67. The number of thioether (sulfide) groups is 1. The maximum atomic E-state index is 11.4. The van der Waals surface area contributed by atoms with E-state index >= 15 is 0 Å². The first-order valence-corrected chi connectivity index (χ1v) is 7.54. The van der Waals surface area contributed by atoms with Crippen LogP contribution in [0.4, 0.5) is 0 Å². The Hall–Kier alpha value is -1.08. The van der Waals surface area contributed by atoms with Gasteiger partial charge in [0.2, 0.25) is 5.91 Å². The van der Waals surface area contributed by atoms with Crippen LogP contribution in [0.3, 0.4) is 0 Å². The number of carbonyl (C=O) groups excluding carboxylic acids is 1. The van der Waals surface area contributed by atoms with E-state index in [2.05, 4.69) is 17.2 Å². The molecule has 7 heteroatoms. The Bertz CT molecular complexity index is 407. The first-order chi connectivity index (χ1) is 8.61. The van der Waals surface area contributed by atoms with Gasteiger partial charge < -0.3 is 10.4 Å². The Kier molecular flexibility index (Phi) is 6.74. The average molecular weight is 288 g/mol. The third kappa shape index (κ3) is 6.02. The lowest BCUT2D eigenvalue weighted by atomic mass is 10.3. The van der Waals surface area contributed by atoms with Crippen molar-refractivity contribution in [2.45, 2.75) is 30.5 Å². The van der Waals surface area contributed by atoms with Gasteiger partial charge in [0, 0.05) is 11.9 Å². The fourth-order valence-electron chi connectivity index (χ4n) is 1.17. The van der Waals surface area contributed by atoms with Gasteiger partial charge in [0.15, 0.2) is 4.34 Å². The van der Waals surface area contributed by atoms with E-state index in [1.54, 1.807) is 5.38 Å². The maximum Gasteiger partial charge on any atom is 0.309 e. The summed E-state index contributed by atoms with van der Waals surface area (Å²) in [6.45, 7) is 2.78. The van der Waals surface area contributed by atoms with Crippen LogP contribution in [0.25, 0.3) is 0 Å². The SMILES string of the molecule is CCCCNC(=O)CSc1nc(CC(=O)O)cs1. The standard InChI is InChI=1S/C11H16N2O3S2/c1-2-3-4-12-9(14)7-18-11-13-8(6-17-11)5-10(15)16/h6H,2-5,7H2,1H3,(H,12,14)(H,15,16). The van der Waals surface area contributed by atoms with Gasteiger partial charge in [-0.15, -0.1) is 11.3 Å². The van der Waals surface area contributed by atoms with Gasteiger partial charge in [0.1, 0.15) is 0 Å². The summed E-state index contributed by atoms with van der Waals surface area (Å²) in [6, 6.07) is 0. The average Bonchev–Trinajstić information content (AvgIpc) is 2.73. The smallest absolute Gasteiger partial charge is 0.309 e. The van der Waals surface area contributed by atoms with Crippen LogP contribution in [0.1, 0.15) is 25.5 Å². The van der Waals surface area contributed by atoms with Crippen molar-refractivity contribution in [3.05, 3.63) is 11.1 Å². The minimum absolute atomic E-state index is 0.0107. The lowest BCUT2D eigenvalue weighted by molar-refractivity contribution is -0.136. The van der Waals surface area contributed by atoms with Crippen LogP contribution in [0.5, 0.6) is 0 Å². The molecule has 1 aromatic rings. The molecule has 0 atom stereocenters. The van der Waals surface area contributed by atoms with E-state index in [1.807, 2.05) is 0 Å². The van der Waals surface area contributed by atoms with Gasteiger partial charge in [-0.3, -0.25) is 9.59 Å². The molecular weight excluding hydrogens is 272 g/mol. The zero-order valence-electron chi connectivity index (χ0n) is 10.1. The summed E-state index contributed by atoms with van der Waals surface area (Å²) in [5.41, 5.74) is 0.543. The van der Waals surface area contributed by atoms with E-state index in [0.29, 0.717) is 18.0 Å². The summed E-state index contributed by atoms with van der Waals surface area (Å²) in [6.07, 6.45) is 1.97. The quantitative estimate of drug-likeness (QED) is 0.563. The summed E-state index contributed by atoms with van der Waals surface area (Å²) in [7, 11) is 0. The summed E-state index contributed by atoms with van der Waals surface area (Å²) in [5, 5.41) is 13.1. The molecule has 0 aliphatic carbocycles. The molecule has 18 heavy (non-hydrogen) atoms. The Labute approximate surface area is 114 Å². The third-order valence-corrected chi connectivity index (χ3v) is 4.11. The third-order valence-electron chi connectivity index (χ3n) is 2.04. The molecule has 0 fully saturated rings. The number of nitrogens with one attached hydrogen (secondary N) is 1. The molecular formula is C11H16N2O3S2. The molecule has 0 saturated carbocycles. The molecule has 5 nitrogen and oxygen atoms in total. The second-order valence-corrected chi connectivity index (χ2v) is 5.75. The number of rotatable bonds is 8. The van der Waals surface area contributed by atoms with Crippen LogP contribution >= 0.6 is 23.1 Å². The summed E-state index contributed by atoms with van der Waals surface area (Å²) < 4.78 is 0.733. The highest BCUT2D eigenvalue weighted by Gasteiger charge is 2.08. The van der Waals surface area contributed by atoms with Crippen LogP contribution in [-0.2, 0) is 16.0 Å². The van der Waals surface area contributed by atoms with Crippen molar-refractivity contribution in [2.24, 2.45) is 0 Å². The molecule has 1 aromatic heterocycles. The second-order valence-electron chi connectivity index (χ2n) is 3.67. The van der Waals surface area contributed by atoms with Gasteiger partial charge in [-0.05, 0) is 6.42 Å². The van der Waals surface area contributed by atoms with E-state index in [9.17, 15) is 9.59 Å². The highest BCUT2D eigenvalue weighted by molar-refractivity contribution is 8.01. The van der Waals surface area contributed by atoms with E-state index in [-0.39, 0.29) is 12.3 Å². The van der Waals surface area contributed by atoms with Gasteiger partial charge in [0.25, 0.3) is 0 Å². The minimum Gasteiger partial charge on any atom is -0.481 e. The van der Waals surface area contributed by atoms with E-state index in [1.165, 1.54) is 23.1 Å². The predicted octanol–water partition coefficient (Wildman–Crippen LogP) is 1.78. The molecule has 1 amide bonds. The minimum atomic E-state index is -0.894. The number of hydrogen-bond acceptors (Lipinski definition) is 5. The van der Waals surface area contributed by atoms with Crippen molar-refractivity contribution in [2.75, 3.05) is 12.3 Å². The summed E-state index contributed by atoms with van der Waals surface area (Å²) in [5.74, 6) is -0.582. The zero-order valence-corrected chi connectivity index (χ0v) is 11.8. The van der Waals surface area contributed by atoms with Crippen LogP contribution in [0, 0.1) is 0 Å². The lowest BCUT2D eigenvalue weighted by Gasteiger charge is -2.02. The number of carboxylic acid groups (broad SMARTS) is 1. The van der Waals surface area contributed by atoms with Gasteiger partial charge in [-0.2, -0.15) is 0 Å². The number of unbranched alkanes of at least 4 members (excludes halogenated alkanes) is 1. The van der Waals surface area contributed by atoms with Crippen molar-refractivity contribution < 1.29 is 14.7 Å². The molecule has 0 aliphatic rings. The molecule has 1 heterocycles. The molecule has 0 saturated heterocycles. The Morgan fingerprint density at radius 3 is 3.00 bits per heavy atom. The molecule has 0 radical (unpaired) electrons. The Balaban J connectivity index is 2.28. The van der Waals surface area contributed by atoms with Crippen molar-refractivity contribution >= 4 is 35.0 Å². The number of carboxylic acids is 1. The number of thiazole rings is 1. The molecule has 0 spiro atoms. The summed E-state index contributed by atoms with van der Waals surface area (Å²) >= 11 is 2.71. The van der Waals surface area contributed by atoms with Crippen molar-refractivity contribution in [1.82, 2.24) is 10.3 Å². The van der Waals surface area contributed by atoms with Crippen LogP contribution in [0.2, 0.25) is 0 Å². The zero-order chi connectivity index (χ0) is 13.4. The van der Waals surface area contributed by atoms with Crippen LogP contribution < -0.4 is 5.32 Å². The highest BCUT2D eigenvalue weighted by atomic mass is 32.2. The number of nitrogens with zero attached hydrogens (tertiary/aromatic N) is 1. The lowest BCUT2D eigenvalue weighted by Crippen LogP contribution is -2.25. The van der Waals surface area contributed by atoms with E-state index in [0.717, 1.165) is 17.2 Å². The van der Waals surface area contributed by atoms with E-state index < -0.39 is 5.97 Å². The van der Waals surface area contributed by atoms with Crippen molar-refractivity contribution in [3.63, 3.8) is 0 Å². The first kappa shape index (κ1) is 15.0. The topological polar surface area (TPSA) is 79.3 Å². The molecule has 0 aromatic carbocycles. The molecule has 2 N–H and O–H groups in total. The molecule has 0 aliphatic heterocycles. The number of carbonyl (C=O) groups is 2. The van der Waals surface area contributed by atoms with Gasteiger partial charge in [0.05, 0.1) is 17.9 Å². The molecule has 1 rings (SSSR count). The summed E-state index contributed by atoms with van der Waals surface area (Å²) in [4.78, 5) is 26.1. The Morgan fingerprint density at radius 1 is 1.56 bits per heavy atom. The van der Waals surface area contributed by atoms with Gasteiger partial charge in [-0.1, -0.05) is 25.1 Å². The molecule has 0 bridgehead atoms. The van der Waals surface area contributed by atoms with Crippen molar-refractivity contribution in [1.29, 1.82) is 0 Å². The molecule has 100 valence electrons.